The number of carbonyl (C=O) groups is 1. The van der Waals surface area contributed by atoms with Crippen molar-refractivity contribution in [2.24, 2.45) is 0 Å². The minimum Gasteiger partial charge on any atom is -0.870 e. The van der Waals surface area contributed by atoms with Crippen molar-refractivity contribution in [3.05, 3.63) is 0 Å². The van der Waals surface area contributed by atoms with Gasteiger partial charge in [-0.3, -0.25) is 0 Å². The summed E-state index contributed by atoms with van der Waals surface area (Å²) in [6.07, 6.45) is -2.33. The monoisotopic (exact) mass is 210 g/mol. The van der Waals surface area contributed by atoms with E-state index in [0.29, 0.717) is 0 Å². The summed E-state index contributed by atoms with van der Waals surface area (Å²) in [4.78, 5) is 8.33. The molecule has 0 aliphatic heterocycles. The summed E-state index contributed by atoms with van der Waals surface area (Å²) in [6, 6.07) is 0. The van der Waals surface area contributed by atoms with Crippen LogP contribution in [0.15, 0.2) is 0 Å². The molecule has 0 aliphatic rings. The van der Waals surface area contributed by atoms with E-state index in [1.54, 1.807) is 0 Å². The smallest absolute Gasteiger partial charge is 0.870 e. The molecule has 0 fully saturated rings. The Labute approximate surface area is 65.5 Å². The van der Waals surface area contributed by atoms with E-state index in [1.807, 2.05) is 0 Å². The van der Waals surface area contributed by atoms with Gasteiger partial charge >= 0.3 is 33.0 Å². The first-order chi connectivity index (χ1) is 1.73. The van der Waals surface area contributed by atoms with Crippen molar-refractivity contribution in [1.82, 2.24) is 0 Å². The zero-order valence-electron chi connectivity index (χ0n) is 3.25. The minimum atomic E-state index is -2.33. The van der Waals surface area contributed by atoms with Gasteiger partial charge in [-0.15, -0.1) is 0 Å². The molecule has 0 atom stereocenters. The van der Waals surface area contributed by atoms with Crippen LogP contribution >= 0.6 is 0 Å². The molecular weight excluding hydrogens is 209 g/mol. The van der Waals surface area contributed by atoms with Crippen LogP contribution in [0, 0.1) is 0 Å². The molecule has 7 heteroatoms. The number of hydrogen-bond acceptors (Lipinski definition) is 5. The van der Waals surface area contributed by atoms with Gasteiger partial charge in [0.2, 0.25) is 0 Å². The van der Waals surface area contributed by atoms with Gasteiger partial charge in [-0.05, 0) is 6.16 Å². The number of carboxylic acid groups (broad SMARTS) is 2. The molecule has 0 bridgehead atoms. The third-order valence-corrected chi connectivity index (χ3v) is 0. The summed E-state index contributed by atoms with van der Waals surface area (Å²) in [5, 5.41) is 16.7. The van der Waals surface area contributed by atoms with Gasteiger partial charge in [0.05, 0.1) is 0 Å². The third-order valence-electron chi connectivity index (χ3n) is 0. The van der Waals surface area contributed by atoms with Crippen LogP contribution in [0.5, 0.6) is 0 Å². The van der Waals surface area contributed by atoms with E-state index in [2.05, 4.69) is 0 Å². The molecule has 8 heavy (non-hydrogen) atoms. The molecule has 0 rings (SSSR count). The summed E-state index contributed by atoms with van der Waals surface area (Å²) in [5.41, 5.74) is 0. The van der Waals surface area contributed by atoms with Crippen molar-refractivity contribution in [3.8, 4) is 0 Å². The molecule has 0 aromatic rings. The van der Waals surface area contributed by atoms with E-state index in [0.717, 1.165) is 0 Å². The van der Waals surface area contributed by atoms with Crippen LogP contribution in [-0.4, -0.2) is 17.1 Å². The van der Waals surface area contributed by atoms with E-state index < -0.39 is 6.16 Å². The van der Waals surface area contributed by atoms with Crippen molar-refractivity contribution >= 4 is 6.16 Å². The standard InChI is InChI=1S/CH2O3.2Ni.2H2O/c2-1(3)4;;;;/h(H2,2,3,4);;;2*1H2/q;2*+2;;/p-4. The fourth-order valence-electron chi connectivity index (χ4n) is 0. The van der Waals surface area contributed by atoms with Crippen LogP contribution in [-0.2, 0) is 33.0 Å². The summed E-state index contributed by atoms with van der Waals surface area (Å²) in [7, 11) is 0. The fourth-order valence-corrected chi connectivity index (χ4v) is 0. The first-order valence-corrected chi connectivity index (χ1v) is 0.612. The van der Waals surface area contributed by atoms with Crippen LogP contribution in [0.25, 0.3) is 0 Å². The van der Waals surface area contributed by atoms with Gasteiger partial charge in [-0.1, -0.05) is 0 Å². The third kappa shape index (κ3) is 5280. The second-order valence-corrected chi connectivity index (χ2v) is 0.250. The maximum atomic E-state index is 8.33. The predicted octanol–water partition coefficient (Wildman–Crippen LogP) is -2.81. The Bertz CT molecular complexity index is 33.4. The number of hydrogen-bond donors (Lipinski definition) is 0. The summed E-state index contributed by atoms with van der Waals surface area (Å²) in [5.74, 6) is 0. The molecule has 0 amide bonds. The van der Waals surface area contributed by atoms with E-state index in [1.165, 1.54) is 0 Å². The zero-order chi connectivity index (χ0) is 3.58. The van der Waals surface area contributed by atoms with Gasteiger partial charge in [-0.2, -0.15) is 0 Å². The average Bonchev–Trinajstić information content (AvgIpc) is 0.811. The predicted molar refractivity (Wildman–Crippen MR) is 9.27 cm³/mol. The molecular formula is CH2Ni2O5. The van der Waals surface area contributed by atoms with Crippen LogP contribution in [0.1, 0.15) is 0 Å². The number of carbonyl (C=O) groups excluding carboxylic acids is 1. The molecule has 0 saturated carbocycles. The van der Waals surface area contributed by atoms with E-state index in [-0.39, 0.29) is 43.9 Å². The van der Waals surface area contributed by atoms with Gasteiger partial charge in [0.1, 0.15) is 0 Å². The molecule has 0 aromatic carbocycles. The van der Waals surface area contributed by atoms with Crippen molar-refractivity contribution in [2.75, 3.05) is 0 Å². The van der Waals surface area contributed by atoms with Crippen molar-refractivity contribution in [1.29, 1.82) is 0 Å². The van der Waals surface area contributed by atoms with E-state index >= 15 is 0 Å². The van der Waals surface area contributed by atoms with Crippen LogP contribution in [0.3, 0.4) is 0 Å². The molecule has 0 aliphatic carbocycles. The molecule has 0 radical (unpaired) electrons. The molecule has 0 unspecified atom stereocenters. The molecule has 0 spiro atoms. The average molecular weight is 211 g/mol. The maximum absolute atomic E-state index is 8.33. The van der Waals surface area contributed by atoms with E-state index in [9.17, 15) is 0 Å². The zero-order valence-corrected chi connectivity index (χ0v) is 5.23. The SMILES string of the molecule is O=C([O-])[O-].[Ni+2].[Ni+2].[OH-].[OH-]. The molecule has 0 heterocycles. The molecule has 0 saturated heterocycles. The van der Waals surface area contributed by atoms with Crippen LogP contribution in [0.4, 0.5) is 4.79 Å². The Morgan fingerprint density at radius 3 is 1.00 bits per heavy atom. The Balaban J connectivity index is -0.00000000750. The van der Waals surface area contributed by atoms with Gasteiger partial charge in [-0.25, -0.2) is 0 Å². The summed E-state index contributed by atoms with van der Waals surface area (Å²) < 4.78 is 0. The first-order valence-electron chi connectivity index (χ1n) is 0.612. The summed E-state index contributed by atoms with van der Waals surface area (Å²) >= 11 is 0. The van der Waals surface area contributed by atoms with Crippen LogP contribution in [0.2, 0.25) is 0 Å². The number of rotatable bonds is 0. The first kappa shape index (κ1) is 41.7. The molecule has 0 aromatic heterocycles. The van der Waals surface area contributed by atoms with Crippen LogP contribution < -0.4 is 10.2 Å². The normalized spacial score (nSPS) is 3.00. The fraction of sp³-hybridized carbons (Fsp3) is 0. The van der Waals surface area contributed by atoms with Crippen molar-refractivity contribution in [3.63, 3.8) is 0 Å². The Morgan fingerprint density at radius 2 is 1.00 bits per heavy atom. The molecule has 5 nitrogen and oxygen atoms in total. The topological polar surface area (TPSA) is 123 Å². The van der Waals surface area contributed by atoms with Crippen molar-refractivity contribution in [2.45, 2.75) is 0 Å². The Hall–Kier alpha value is 0.177. The largest absolute Gasteiger partial charge is 2.00 e. The van der Waals surface area contributed by atoms with E-state index in [4.69, 9.17) is 15.0 Å². The summed E-state index contributed by atoms with van der Waals surface area (Å²) in [6.45, 7) is 0. The van der Waals surface area contributed by atoms with Gasteiger partial charge in [0, 0.05) is 0 Å². The quantitative estimate of drug-likeness (QED) is 0.400. The Morgan fingerprint density at radius 1 is 1.00 bits per heavy atom. The van der Waals surface area contributed by atoms with Crippen molar-refractivity contribution < 1.29 is 58.9 Å². The molecule has 2 N–H and O–H groups in total. The second kappa shape index (κ2) is 27.1. The Kier molecular flexibility index (Phi) is 142. The molecule has 56 valence electrons. The maximum Gasteiger partial charge on any atom is 2.00 e. The second-order valence-electron chi connectivity index (χ2n) is 0.250. The minimum absolute atomic E-state index is 0. The van der Waals surface area contributed by atoms with Gasteiger partial charge in [0.25, 0.3) is 0 Å². The van der Waals surface area contributed by atoms with Gasteiger partial charge in [0.15, 0.2) is 0 Å². The van der Waals surface area contributed by atoms with Gasteiger partial charge < -0.3 is 26.0 Å².